The minimum atomic E-state index is -0.452. The van der Waals surface area contributed by atoms with E-state index in [1.54, 1.807) is 19.1 Å². The smallest absolute Gasteiger partial charge is 0.254 e. The summed E-state index contributed by atoms with van der Waals surface area (Å²) in [7, 11) is 0. The Labute approximate surface area is 113 Å². The number of amides is 1. The summed E-state index contributed by atoms with van der Waals surface area (Å²) < 4.78 is 13.6. The lowest BCUT2D eigenvalue weighted by atomic mass is 10.1. The zero-order valence-electron chi connectivity index (χ0n) is 11.6. The van der Waals surface area contributed by atoms with Gasteiger partial charge in [0.2, 0.25) is 0 Å². The Hall–Kier alpha value is -1.42. The van der Waals surface area contributed by atoms with E-state index in [1.165, 1.54) is 18.9 Å². The number of rotatable bonds is 6. The predicted molar refractivity (Wildman–Crippen MR) is 73.7 cm³/mol. The molecule has 0 aliphatic heterocycles. The topological polar surface area (TPSA) is 32.3 Å². The van der Waals surface area contributed by atoms with Gasteiger partial charge in [0.1, 0.15) is 5.82 Å². The van der Waals surface area contributed by atoms with Crippen molar-refractivity contribution < 1.29 is 9.18 Å². The number of hydrogen-bond donors (Lipinski definition) is 1. The molecule has 0 atom stereocenters. The van der Waals surface area contributed by atoms with Crippen LogP contribution in [0.2, 0.25) is 0 Å². The van der Waals surface area contributed by atoms with Crippen molar-refractivity contribution in [1.82, 2.24) is 10.2 Å². The second-order valence-corrected chi connectivity index (χ2v) is 5.10. The van der Waals surface area contributed by atoms with Crippen molar-refractivity contribution in [3.05, 3.63) is 35.1 Å². The van der Waals surface area contributed by atoms with Crippen LogP contribution in [0.1, 0.15) is 35.7 Å². The molecule has 4 heteroatoms. The molecule has 1 aliphatic rings. The van der Waals surface area contributed by atoms with Crippen molar-refractivity contribution in [3.8, 4) is 0 Å². The molecule has 1 N–H and O–H groups in total. The summed E-state index contributed by atoms with van der Waals surface area (Å²) >= 11 is 0. The molecule has 19 heavy (non-hydrogen) atoms. The third-order valence-corrected chi connectivity index (χ3v) is 3.52. The van der Waals surface area contributed by atoms with Gasteiger partial charge in [0, 0.05) is 19.1 Å². The molecule has 0 radical (unpaired) electrons. The molecule has 1 saturated carbocycles. The molecule has 3 nitrogen and oxygen atoms in total. The molecule has 1 fully saturated rings. The number of carbonyl (C=O) groups excluding carboxylic acids is 1. The van der Waals surface area contributed by atoms with Crippen molar-refractivity contribution in [2.45, 2.75) is 32.7 Å². The lowest BCUT2D eigenvalue weighted by Gasteiger charge is -2.19. The van der Waals surface area contributed by atoms with Gasteiger partial charge in [-0.3, -0.25) is 9.69 Å². The molecule has 1 amide bonds. The van der Waals surface area contributed by atoms with Crippen molar-refractivity contribution in [1.29, 1.82) is 0 Å². The van der Waals surface area contributed by atoms with Crippen LogP contribution in [0, 0.1) is 12.7 Å². The Morgan fingerprint density at radius 2 is 2.21 bits per heavy atom. The molecule has 0 saturated heterocycles. The summed E-state index contributed by atoms with van der Waals surface area (Å²) in [6.07, 6.45) is 2.52. The molecule has 0 bridgehead atoms. The lowest BCUT2D eigenvalue weighted by Crippen LogP contribution is -2.36. The molecular weight excluding hydrogens is 243 g/mol. The van der Waals surface area contributed by atoms with Gasteiger partial charge in [-0.2, -0.15) is 0 Å². The number of aryl methyl sites for hydroxylation is 1. The Morgan fingerprint density at radius 3 is 2.79 bits per heavy atom. The molecule has 1 aromatic rings. The van der Waals surface area contributed by atoms with Crippen LogP contribution >= 0.6 is 0 Å². The van der Waals surface area contributed by atoms with E-state index in [9.17, 15) is 9.18 Å². The highest BCUT2D eigenvalue weighted by atomic mass is 19.1. The fraction of sp³-hybridized carbons (Fsp3) is 0.533. The van der Waals surface area contributed by atoms with Gasteiger partial charge in [-0.05, 0) is 44.0 Å². The maximum absolute atomic E-state index is 13.6. The first kappa shape index (κ1) is 14.0. The van der Waals surface area contributed by atoms with E-state index < -0.39 is 5.82 Å². The van der Waals surface area contributed by atoms with Crippen LogP contribution in [0.15, 0.2) is 18.2 Å². The van der Waals surface area contributed by atoms with Crippen molar-refractivity contribution >= 4 is 5.91 Å². The number of benzene rings is 1. The number of nitrogens with zero attached hydrogens (tertiary/aromatic N) is 1. The van der Waals surface area contributed by atoms with E-state index in [-0.39, 0.29) is 11.5 Å². The fourth-order valence-electron chi connectivity index (χ4n) is 2.25. The van der Waals surface area contributed by atoms with Crippen molar-refractivity contribution in [2.75, 3.05) is 19.6 Å². The molecule has 2 rings (SSSR count). The van der Waals surface area contributed by atoms with Gasteiger partial charge in [-0.25, -0.2) is 4.39 Å². The van der Waals surface area contributed by atoms with E-state index in [2.05, 4.69) is 17.1 Å². The van der Waals surface area contributed by atoms with Crippen LogP contribution in [0.4, 0.5) is 4.39 Å². The summed E-state index contributed by atoms with van der Waals surface area (Å²) in [6, 6.07) is 5.37. The van der Waals surface area contributed by atoms with Crippen molar-refractivity contribution in [2.24, 2.45) is 0 Å². The average molecular weight is 264 g/mol. The third kappa shape index (κ3) is 3.77. The average Bonchev–Trinajstić information content (AvgIpc) is 3.18. The van der Waals surface area contributed by atoms with Gasteiger partial charge < -0.3 is 5.32 Å². The first-order valence-electron chi connectivity index (χ1n) is 6.90. The van der Waals surface area contributed by atoms with Gasteiger partial charge in [0.15, 0.2) is 0 Å². The Bertz CT molecular complexity index is 457. The number of likely N-dealkylation sites (N-methyl/N-ethyl adjacent to an activating group) is 1. The van der Waals surface area contributed by atoms with Gasteiger partial charge in [0.25, 0.3) is 5.91 Å². The fourth-order valence-corrected chi connectivity index (χ4v) is 2.25. The molecule has 0 unspecified atom stereocenters. The number of nitrogens with one attached hydrogen (secondary N) is 1. The first-order chi connectivity index (χ1) is 9.11. The van der Waals surface area contributed by atoms with Crippen molar-refractivity contribution in [3.63, 3.8) is 0 Å². The molecule has 0 spiro atoms. The second kappa shape index (κ2) is 6.15. The van der Waals surface area contributed by atoms with Crippen LogP contribution in [0.5, 0.6) is 0 Å². The monoisotopic (exact) mass is 264 g/mol. The van der Waals surface area contributed by atoms with Crippen LogP contribution in [-0.4, -0.2) is 36.5 Å². The van der Waals surface area contributed by atoms with E-state index >= 15 is 0 Å². The molecule has 1 aromatic carbocycles. The van der Waals surface area contributed by atoms with Gasteiger partial charge in [0.05, 0.1) is 5.56 Å². The highest BCUT2D eigenvalue weighted by molar-refractivity contribution is 5.94. The normalized spacial score (nSPS) is 14.7. The molecule has 0 aromatic heterocycles. The number of carbonyl (C=O) groups is 1. The molecule has 1 aliphatic carbocycles. The Kier molecular flexibility index (Phi) is 4.53. The summed E-state index contributed by atoms with van der Waals surface area (Å²) in [5.41, 5.74) is 0.944. The maximum atomic E-state index is 13.6. The van der Waals surface area contributed by atoms with Crippen LogP contribution in [0.25, 0.3) is 0 Å². The van der Waals surface area contributed by atoms with E-state index in [4.69, 9.17) is 0 Å². The van der Waals surface area contributed by atoms with Crippen LogP contribution in [0.3, 0.4) is 0 Å². The minimum absolute atomic E-state index is 0.125. The standard InChI is InChI=1S/C15H21FN2O/c1-3-18(12-5-6-12)9-8-17-15(19)13-7-4-11(2)10-14(13)16/h4,7,10,12H,3,5-6,8-9H2,1-2H3,(H,17,19). The van der Waals surface area contributed by atoms with E-state index in [0.717, 1.165) is 18.7 Å². The SMILES string of the molecule is CCN(CCNC(=O)c1ccc(C)cc1F)C1CC1. The highest BCUT2D eigenvalue weighted by Crippen LogP contribution is 2.25. The van der Waals surface area contributed by atoms with E-state index in [1.807, 2.05) is 0 Å². The van der Waals surface area contributed by atoms with Crippen LogP contribution in [-0.2, 0) is 0 Å². The van der Waals surface area contributed by atoms with Gasteiger partial charge in [-0.15, -0.1) is 0 Å². The number of hydrogen-bond acceptors (Lipinski definition) is 2. The predicted octanol–water partition coefficient (Wildman–Crippen LogP) is 2.35. The van der Waals surface area contributed by atoms with Crippen LogP contribution < -0.4 is 5.32 Å². The zero-order chi connectivity index (χ0) is 13.8. The molecular formula is C15H21FN2O. The van der Waals surface area contributed by atoms with Gasteiger partial charge >= 0.3 is 0 Å². The summed E-state index contributed by atoms with van der Waals surface area (Å²) in [4.78, 5) is 14.2. The molecule has 0 heterocycles. The lowest BCUT2D eigenvalue weighted by molar-refractivity contribution is 0.0944. The Balaban J connectivity index is 1.83. The highest BCUT2D eigenvalue weighted by Gasteiger charge is 2.27. The van der Waals surface area contributed by atoms with E-state index in [0.29, 0.717) is 12.6 Å². The molecule has 104 valence electrons. The third-order valence-electron chi connectivity index (χ3n) is 3.52. The first-order valence-corrected chi connectivity index (χ1v) is 6.90. The Morgan fingerprint density at radius 1 is 1.47 bits per heavy atom. The number of halogens is 1. The summed E-state index contributed by atoms with van der Waals surface area (Å²) in [5, 5.41) is 2.79. The summed E-state index contributed by atoms with van der Waals surface area (Å²) in [5.74, 6) is -0.781. The zero-order valence-corrected chi connectivity index (χ0v) is 11.6. The largest absolute Gasteiger partial charge is 0.351 e. The maximum Gasteiger partial charge on any atom is 0.254 e. The van der Waals surface area contributed by atoms with Gasteiger partial charge in [-0.1, -0.05) is 13.0 Å². The second-order valence-electron chi connectivity index (χ2n) is 5.10. The summed E-state index contributed by atoms with van der Waals surface area (Å²) in [6.45, 7) is 6.33. The quantitative estimate of drug-likeness (QED) is 0.855. The minimum Gasteiger partial charge on any atom is -0.351 e.